The second kappa shape index (κ2) is 12.2. The fourth-order valence-electron chi connectivity index (χ4n) is 1.71. The number of esters is 1. The highest BCUT2D eigenvalue weighted by Crippen LogP contribution is 2.28. The molecule has 22 heavy (non-hydrogen) atoms. The van der Waals surface area contributed by atoms with Crippen LogP contribution in [-0.2, 0) is 23.6 Å². The molecule has 0 N–H and O–H groups in total. The third kappa shape index (κ3) is 9.72. The maximum atomic E-state index is 11.6. The lowest BCUT2D eigenvalue weighted by Crippen LogP contribution is -2.40. The highest BCUT2D eigenvalue weighted by molar-refractivity contribution is 8.24. The highest BCUT2D eigenvalue weighted by atomic mass is 32.2. The van der Waals surface area contributed by atoms with Crippen molar-refractivity contribution in [2.45, 2.75) is 53.2 Å². The van der Waals surface area contributed by atoms with Gasteiger partial charge in [-0.15, -0.1) is 11.6 Å². The topological polar surface area (TPSA) is 54.0 Å². The Hall–Kier alpha value is -0.235. The van der Waals surface area contributed by atoms with Crippen LogP contribution >= 0.6 is 11.6 Å². The number of hydrogen-bond acceptors (Lipinski definition) is 6. The minimum atomic E-state index is -0.331. The predicted octanol–water partition coefficient (Wildman–Crippen LogP) is 3.16. The standard InChI is InChI=1S/C13H25BO5S.C2H6/c1-5-16-8-11(7-12(15)17-6-2)20-14-18-9-13(3,4)10-19-14;1-2/h11H,5-10H2,1-4H3;1-2H3. The number of hydrogen-bond donors (Lipinski definition) is 0. The molecule has 1 rings (SSSR count). The Bertz CT molecular complexity index is 292. The first kappa shape index (κ1) is 21.8. The van der Waals surface area contributed by atoms with Gasteiger partial charge in [-0.25, -0.2) is 0 Å². The number of rotatable bonds is 8. The van der Waals surface area contributed by atoms with Crippen LogP contribution in [0.1, 0.15) is 48.0 Å². The Morgan fingerprint density at radius 1 is 1.23 bits per heavy atom. The molecule has 130 valence electrons. The van der Waals surface area contributed by atoms with E-state index in [0.717, 1.165) is 0 Å². The summed E-state index contributed by atoms with van der Waals surface area (Å²) in [7, 11) is 0. The van der Waals surface area contributed by atoms with Crippen LogP contribution in [0.2, 0.25) is 0 Å². The van der Waals surface area contributed by atoms with E-state index < -0.39 is 0 Å². The Balaban J connectivity index is 0.00000211. The average Bonchev–Trinajstić information content (AvgIpc) is 2.49. The molecule has 0 aromatic carbocycles. The predicted molar refractivity (Wildman–Crippen MR) is 91.9 cm³/mol. The molecular formula is C15H31BO5S. The van der Waals surface area contributed by atoms with E-state index in [-0.39, 0.29) is 23.0 Å². The summed E-state index contributed by atoms with van der Waals surface area (Å²) in [4.78, 5) is 11.6. The monoisotopic (exact) mass is 334 g/mol. The van der Waals surface area contributed by atoms with Crippen molar-refractivity contribution in [3.8, 4) is 0 Å². The number of ether oxygens (including phenoxy) is 2. The maximum absolute atomic E-state index is 11.6. The van der Waals surface area contributed by atoms with E-state index in [4.69, 9.17) is 18.8 Å². The zero-order chi connectivity index (χ0) is 17.0. The smallest absolute Gasteiger partial charge is 0.466 e. The van der Waals surface area contributed by atoms with E-state index in [2.05, 4.69) is 13.8 Å². The van der Waals surface area contributed by atoms with Gasteiger partial charge in [0.25, 0.3) is 0 Å². The largest absolute Gasteiger partial charge is 0.531 e. The first-order valence-corrected chi connectivity index (χ1v) is 9.03. The summed E-state index contributed by atoms with van der Waals surface area (Å²) >= 11 is 1.49. The average molecular weight is 334 g/mol. The van der Waals surface area contributed by atoms with Gasteiger partial charge in [0.15, 0.2) is 0 Å². The minimum Gasteiger partial charge on any atom is -0.466 e. The van der Waals surface area contributed by atoms with Crippen LogP contribution in [0.4, 0.5) is 0 Å². The Morgan fingerprint density at radius 3 is 2.32 bits per heavy atom. The number of carbonyl (C=O) groups is 1. The van der Waals surface area contributed by atoms with Gasteiger partial charge in [-0.1, -0.05) is 27.7 Å². The number of carbonyl (C=O) groups excluding carboxylic acids is 1. The quantitative estimate of drug-likeness (QED) is 0.502. The van der Waals surface area contributed by atoms with Gasteiger partial charge < -0.3 is 18.8 Å². The summed E-state index contributed by atoms with van der Waals surface area (Å²) in [5.41, 5.74) is 0.0492. The van der Waals surface area contributed by atoms with Crippen molar-refractivity contribution >= 4 is 24.0 Å². The molecule has 1 fully saturated rings. The first-order valence-electron chi connectivity index (χ1n) is 8.09. The molecule has 1 saturated heterocycles. The fourth-order valence-corrected chi connectivity index (χ4v) is 2.73. The molecule has 0 bridgehead atoms. The Morgan fingerprint density at radius 2 is 1.82 bits per heavy atom. The normalized spacial score (nSPS) is 18.2. The van der Waals surface area contributed by atoms with E-state index in [0.29, 0.717) is 39.5 Å². The molecule has 7 heteroatoms. The lowest BCUT2D eigenvalue weighted by Gasteiger charge is -2.33. The van der Waals surface area contributed by atoms with E-state index in [1.165, 1.54) is 11.6 Å². The third-order valence-electron chi connectivity index (χ3n) is 2.73. The van der Waals surface area contributed by atoms with E-state index in [1.54, 1.807) is 6.92 Å². The molecule has 0 saturated carbocycles. The minimum absolute atomic E-state index is 0.0137. The molecule has 1 heterocycles. The summed E-state index contributed by atoms with van der Waals surface area (Å²) in [6, 6.07) is 0. The Kier molecular flexibility index (Phi) is 12.1. The van der Waals surface area contributed by atoms with Crippen LogP contribution in [-0.4, -0.2) is 50.7 Å². The van der Waals surface area contributed by atoms with E-state index in [9.17, 15) is 4.79 Å². The van der Waals surface area contributed by atoms with Crippen molar-refractivity contribution in [1.82, 2.24) is 0 Å². The Labute approximate surface area is 139 Å². The lowest BCUT2D eigenvalue weighted by atomic mass is 9.94. The summed E-state index contributed by atoms with van der Waals surface area (Å²) in [6.45, 7) is 14.8. The van der Waals surface area contributed by atoms with Crippen LogP contribution in [0.5, 0.6) is 0 Å². The second-order valence-electron chi connectivity index (χ2n) is 5.50. The van der Waals surface area contributed by atoms with E-state index in [1.807, 2.05) is 20.8 Å². The van der Waals surface area contributed by atoms with Crippen LogP contribution in [0.15, 0.2) is 0 Å². The van der Waals surface area contributed by atoms with Crippen molar-refractivity contribution in [3.63, 3.8) is 0 Å². The van der Waals surface area contributed by atoms with Gasteiger partial charge >= 0.3 is 12.4 Å². The van der Waals surface area contributed by atoms with Crippen molar-refractivity contribution in [3.05, 3.63) is 0 Å². The van der Waals surface area contributed by atoms with Gasteiger partial charge in [-0.3, -0.25) is 4.79 Å². The first-order chi connectivity index (χ1) is 10.5. The molecule has 1 atom stereocenters. The molecule has 1 aliphatic rings. The molecule has 0 spiro atoms. The van der Waals surface area contributed by atoms with Gasteiger partial charge in [0.2, 0.25) is 0 Å². The summed E-state index contributed by atoms with van der Waals surface area (Å²) < 4.78 is 21.8. The lowest BCUT2D eigenvalue weighted by molar-refractivity contribution is -0.143. The third-order valence-corrected chi connectivity index (χ3v) is 3.91. The summed E-state index contributed by atoms with van der Waals surface area (Å²) in [5.74, 6) is -0.208. The van der Waals surface area contributed by atoms with Crippen LogP contribution in [0.25, 0.3) is 0 Å². The van der Waals surface area contributed by atoms with E-state index >= 15 is 0 Å². The summed E-state index contributed by atoms with van der Waals surface area (Å²) in [5, 5.41) is -0.0137. The van der Waals surface area contributed by atoms with Crippen molar-refractivity contribution < 1.29 is 23.6 Å². The molecular weight excluding hydrogens is 303 g/mol. The van der Waals surface area contributed by atoms with Crippen LogP contribution < -0.4 is 0 Å². The van der Waals surface area contributed by atoms with Gasteiger partial charge in [0, 0.05) is 30.5 Å². The zero-order valence-corrected chi connectivity index (χ0v) is 15.7. The molecule has 0 aliphatic carbocycles. The van der Waals surface area contributed by atoms with Gasteiger partial charge in [0.1, 0.15) is 0 Å². The van der Waals surface area contributed by atoms with Crippen molar-refractivity contribution in [2.24, 2.45) is 5.41 Å². The highest BCUT2D eigenvalue weighted by Gasteiger charge is 2.35. The maximum Gasteiger partial charge on any atom is 0.531 e. The van der Waals surface area contributed by atoms with Gasteiger partial charge in [-0.2, -0.15) is 0 Å². The fraction of sp³-hybridized carbons (Fsp3) is 0.933. The van der Waals surface area contributed by atoms with Crippen LogP contribution in [0.3, 0.4) is 0 Å². The SMILES string of the molecule is CC.CCOCC(CC(=O)OCC)SB1OCC(C)(C)CO1. The molecule has 5 nitrogen and oxygen atoms in total. The zero-order valence-electron chi connectivity index (χ0n) is 14.8. The second-order valence-corrected chi connectivity index (χ2v) is 6.83. The van der Waals surface area contributed by atoms with Crippen molar-refractivity contribution in [1.29, 1.82) is 0 Å². The molecule has 0 radical (unpaired) electrons. The summed E-state index contributed by atoms with van der Waals surface area (Å²) in [6.07, 6.45) is -0.0200. The molecule has 0 amide bonds. The molecule has 0 aromatic rings. The van der Waals surface area contributed by atoms with Crippen molar-refractivity contribution in [2.75, 3.05) is 33.0 Å². The molecule has 1 aliphatic heterocycles. The van der Waals surface area contributed by atoms with Gasteiger partial charge in [0.05, 0.1) is 19.6 Å². The molecule has 0 aromatic heterocycles. The molecule has 1 unspecified atom stereocenters. The van der Waals surface area contributed by atoms with Gasteiger partial charge in [-0.05, 0) is 13.8 Å². The van der Waals surface area contributed by atoms with Crippen LogP contribution in [0, 0.1) is 5.41 Å².